The lowest BCUT2D eigenvalue weighted by Gasteiger charge is -2.12. The molecule has 0 unspecified atom stereocenters. The van der Waals surface area contributed by atoms with E-state index in [1.54, 1.807) is 0 Å². The van der Waals surface area contributed by atoms with Crippen molar-refractivity contribution >= 4 is 27.5 Å². The summed E-state index contributed by atoms with van der Waals surface area (Å²) in [6, 6.07) is 0. The van der Waals surface area contributed by atoms with Gasteiger partial charge in [0.15, 0.2) is 0 Å². The number of hydrogen-bond acceptors (Lipinski definition) is 2. The molecule has 2 nitrogen and oxygen atoms in total. The fourth-order valence-corrected chi connectivity index (χ4v) is 2.01. The molecule has 0 fully saturated rings. The van der Waals surface area contributed by atoms with Crippen molar-refractivity contribution in [3.05, 3.63) is 0 Å². The van der Waals surface area contributed by atoms with Gasteiger partial charge in [0.2, 0.25) is 0 Å². The number of hydrogen-bond donors (Lipinski definition) is 0. The Labute approximate surface area is 101 Å². The van der Waals surface area contributed by atoms with Gasteiger partial charge >= 0.3 is 0 Å². The predicted molar refractivity (Wildman–Crippen MR) is 66.3 cm³/mol. The standard InChI is InChI=1S/C12H21BrO2/c1-3-11(14)10(12(15)4-2)8-6-5-7-9-13/h10H,3-9H2,1-2H3. The van der Waals surface area contributed by atoms with Crippen molar-refractivity contribution < 1.29 is 9.59 Å². The van der Waals surface area contributed by atoms with Crippen molar-refractivity contribution in [2.45, 2.75) is 52.4 Å². The minimum Gasteiger partial charge on any atom is -0.299 e. The smallest absolute Gasteiger partial charge is 0.143 e. The minimum atomic E-state index is -0.324. The summed E-state index contributed by atoms with van der Waals surface area (Å²) in [5.41, 5.74) is 0. The van der Waals surface area contributed by atoms with Crippen molar-refractivity contribution in [1.82, 2.24) is 0 Å². The van der Waals surface area contributed by atoms with Gasteiger partial charge in [0.05, 0.1) is 5.92 Å². The summed E-state index contributed by atoms with van der Waals surface area (Å²) in [4.78, 5) is 23.1. The Morgan fingerprint density at radius 2 is 1.53 bits per heavy atom. The van der Waals surface area contributed by atoms with Crippen LogP contribution in [0.2, 0.25) is 0 Å². The highest BCUT2D eigenvalue weighted by atomic mass is 79.9. The van der Waals surface area contributed by atoms with E-state index in [-0.39, 0.29) is 17.5 Å². The van der Waals surface area contributed by atoms with E-state index < -0.39 is 0 Å². The molecule has 15 heavy (non-hydrogen) atoms. The van der Waals surface area contributed by atoms with Crippen LogP contribution >= 0.6 is 15.9 Å². The molecule has 88 valence electrons. The quantitative estimate of drug-likeness (QED) is 0.367. The molecule has 0 aliphatic heterocycles. The van der Waals surface area contributed by atoms with E-state index in [2.05, 4.69) is 15.9 Å². The number of unbranched alkanes of at least 4 members (excludes halogenated alkanes) is 2. The summed E-state index contributed by atoms with van der Waals surface area (Å²) in [7, 11) is 0. The molecule has 0 atom stereocenters. The van der Waals surface area contributed by atoms with Crippen LogP contribution in [-0.2, 0) is 9.59 Å². The molecule has 0 amide bonds. The van der Waals surface area contributed by atoms with Gasteiger partial charge in [-0.25, -0.2) is 0 Å². The van der Waals surface area contributed by atoms with Crippen molar-refractivity contribution in [2.75, 3.05) is 5.33 Å². The first-order valence-corrected chi connectivity index (χ1v) is 6.90. The lowest BCUT2D eigenvalue weighted by atomic mass is 9.90. The number of carbonyl (C=O) groups excluding carboxylic acids is 2. The van der Waals surface area contributed by atoms with Crippen molar-refractivity contribution in [1.29, 1.82) is 0 Å². The topological polar surface area (TPSA) is 34.1 Å². The fraction of sp³-hybridized carbons (Fsp3) is 0.833. The van der Waals surface area contributed by atoms with E-state index in [9.17, 15) is 9.59 Å². The number of alkyl halides is 1. The summed E-state index contributed by atoms with van der Waals surface area (Å²) in [6.45, 7) is 3.66. The van der Waals surface area contributed by atoms with Crippen LogP contribution in [0.15, 0.2) is 0 Å². The number of Topliss-reactive ketones (excluding diaryl/α,β-unsaturated/α-hetero) is 2. The zero-order valence-corrected chi connectivity index (χ0v) is 11.3. The average Bonchev–Trinajstić information content (AvgIpc) is 2.27. The van der Waals surface area contributed by atoms with Gasteiger partial charge in [-0.2, -0.15) is 0 Å². The molecule has 0 heterocycles. The van der Waals surface area contributed by atoms with Crippen LogP contribution in [0, 0.1) is 5.92 Å². The number of carbonyl (C=O) groups is 2. The first-order chi connectivity index (χ1) is 7.17. The minimum absolute atomic E-state index is 0.112. The first kappa shape index (κ1) is 14.8. The Hall–Kier alpha value is -0.180. The SMILES string of the molecule is CCC(=O)C(CCCCCBr)C(=O)CC. The van der Waals surface area contributed by atoms with Crippen LogP contribution in [0.25, 0.3) is 0 Å². The molecular formula is C12H21BrO2. The number of halogens is 1. The van der Waals surface area contributed by atoms with Gasteiger partial charge in [0, 0.05) is 18.2 Å². The highest BCUT2D eigenvalue weighted by Crippen LogP contribution is 2.15. The monoisotopic (exact) mass is 276 g/mol. The molecular weight excluding hydrogens is 256 g/mol. The van der Waals surface area contributed by atoms with E-state index in [1.165, 1.54) is 0 Å². The second-order valence-corrected chi connectivity index (χ2v) is 4.52. The number of ketones is 2. The second kappa shape index (κ2) is 9.08. The molecule has 0 aliphatic rings. The van der Waals surface area contributed by atoms with Gasteiger partial charge in [-0.05, 0) is 12.8 Å². The van der Waals surface area contributed by atoms with Crippen molar-refractivity contribution in [2.24, 2.45) is 5.92 Å². The van der Waals surface area contributed by atoms with Crippen LogP contribution in [0.3, 0.4) is 0 Å². The Kier molecular flexibility index (Phi) is 8.97. The van der Waals surface area contributed by atoms with Gasteiger partial charge < -0.3 is 0 Å². The predicted octanol–water partition coefficient (Wildman–Crippen LogP) is 3.52. The maximum Gasteiger partial charge on any atom is 0.143 e. The molecule has 0 aliphatic carbocycles. The van der Waals surface area contributed by atoms with Gasteiger partial charge in [-0.1, -0.05) is 42.6 Å². The molecule has 0 spiro atoms. The van der Waals surface area contributed by atoms with Crippen molar-refractivity contribution in [3.63, 3.8) is 0 Å². The van der Waals surface area contributed by atoms with Gasteiger partial charge in [-0.15, -0.1) is 0 Å². The second-order valence-electron chi connectivity index (χ2n) is 3.73. The molecule has 0 aromatic carbocycles. The molecule has 0 bridgehead atoms. The Morgan fingerprint density at radius 3 is 1.93 bits per heavy atom. The molecule has 0 N–H and O–H groups in total. The van der Waals surface area contributed by atoms with Gasteiger partial charge in [0.25, 0.3) is 0 Å². The molecule has 3 heteroatoms. The third-order valence-electron chi connectivity index (χ3n) is 2.60. The van der Waals surface area contributed by atoms with E-state index >= 15 is 0 Å². The highest BCUT2D eigenvalue weighted by Gasteiger charge is 2.22. The van der Waals surface area contributed by atoms with Crippen LogP contribution < -0.4 is 0 Å². The highest BCUT2D eigenvalue weighted by molar-refractivity contribution is 9.09. The Morgan fingerprint density at radius 1 is 1.00 bits per heavy atom. The summed E-state index contributed by atoms with van der Waals surface area (Å²) in [5.74, 6) is -0.100. The van der Waals surface area contributed by atoms with Gasteiger partial charge in [-0.3, -0.25) is 9.59 Å². The lowest BCUT2D eigenvalue weighted by molar-refractivity contribution is -0.132. The number of rotatable bonds is 9. The zero-order chi connectivity index (χ0) is 11.7. The van der Waals surface area contributed by atoms with E-state index in [4.69, 9.17) is 0 Å². The molecule has 0 saturated heterocycles. The first-order valence-electron chi connectivity index (χ1n) is 5.78. The van der Waals surface area contributed by atoms with Crippen LogP contribution in [-0.4, -0.2) is 16.9 Å². The van der Waals surface area contributed by atoms with Crippen molar-refractivity contribution in [3.8, 4) is 0 Å². The molecule has 0 saturated carbocycles. The maximum atomic E-state index is 11.5. The summed E-state index contributed by atoms with van der Waals surface area (Å²) < 4.78 is 0. The van der Waals surface area contributed by atoms with E-state index in [0.29, 0.717) is 12.8 Å². The summed E-state index contributed by atoms with van der Waals surface area (Å²) in [5, 5.41) is 1.00. The van der Waals surface area contributed by atoms with Crippen LogP contribution in [0.1, 0.15) is 52.4 Å². The Bertz CT molecular complexity index is 186. The lowest BCUT2D eigenvalue weighted by Crippen LogP contribution is -2.22. The van der Waals surface area contributed by atoms with E-state index in [1.807, 2.05) is 13.8 Å². The van der Waals surface area contributed by atoms with Gasteiger partial charge in [0.1, 0.15) is 11.6 Å². The Balaban J connectivity index is 4.02. The maximum absolute atomic E-state index is 11.5. The summed E-state index contributed by atoms with van der Waals surface area (Å²) in [6.07, 6.45) is 4.90. The van der Waals surface area contributed by atoms with E-state index in [0.717, 1.165) is 31.0 Å². The van der Waals surface area contributed by atoms with Crippen LogP contribution in [0.4, 0.5) is 0 Å². The molecule has 0 aromatic rings. The largest absolute Gasteiger partial charge is 0.299 e. The third-order valence-corrected chi connectivity index (χ3v) is 3.16. The van der Waals surface area contributed by atoms with Crippen LogP contribution in [0.5, 0.6) is 0 Å². The molecule has 0 rings (SSSR count). The third kappa shape index (κ3) is 6.08. The molecule has 0 radical (unpaired) electrons. The average molecular weight is 277 g/mol. The normalized spacial score (nSPS) is 10.7. The molecule has 0 aromatic heterocycles. The summed E-state index contributed by atoms with van der Waals surface area (Å²) >= 11 is 3.37. The fourth-order valence-electron chi connectivity index (χ4n) is 1.61. The zero-order valence-electron chi connectivity index (χ0n) is 9.72.